The third kappa shape index (κ3) is 11.3. The van der Waals surface area contributed by atoms with E-state index in [1.807, 2.05) is 0 Å². The first kappa shape index (κ1) is 42.5. The molecule has 10 nitrogen and oxygen atoms in total. The smallest absolute Gasteiger partial charge is 0.421 e. The zero-order valence-electron chi connectivity index (χ0n) is 30.7. The molecule has 0 bridgehead atoms. The lowest BCUT2D eigenvalue weighted by Gasteiger charge is -2.22. The van der Waals surface area contributed by atoms with E-state index in [-0.39, 0.29) is 56.2 Å². The van der Waals surface area contributed by atoms with Crippen LogP contribution in [0, 0.1) is 18.8 Å². The van der Waals surface area contributed by atoms with E-state index in [9.17, 15) is 24.0 Å². The lowest BCUT2D eigenvalue weighted by Crippen LogP contribution is -2.20. The maximum atomic E-state index is 15.2. The van der Waals surface area contributed by atoms with Gasteiger partial charge in [0.15, 0.2) is 11.5 Å². The van der Waals surface area contributed by atoms with E-state index in [1.165, 1.54) is 90.1 Å². The maximum absolute atomic E-state index is 15.2. The van der Waals surface area contributed by atoms with Crippen molar-refractivity contribution in [3.63, 3.8) is 0 Å². The fourth-order valence-electron chi connectivity index (χ4n) is 4.22. The molecule has 0 spiro atoms. The molecular formula is C42H35F3O10. The Balaban J connectivity index is 2.26. The molecule has 0 atom stereocenters. The average Bonchev–Trinajstić information content (AvgIpc) is 3.10. The zero-order valence-corrected chi connectivity index (χ0v) is 30.7. The largest absolute Gasteiger partial charge is 0.428 e. The predicted octanol–water partition coefficient (Wildman–Crippen LogP) is 8.56. The van der Waals surface area contributed by atoms with Crippen LogP contribution in [0.15, 0.2) is 103 Å². The summed E-state index contributed by atoms with van der Waals surface area (Å²) in [6.07, 6.45) is -4.30. The minimum absolute atomic E-state index is 0.0202. The standard InChI is InChI=1S/C42H35F3O10/c1-22(2)37(46)52-30-16-11-28(12-17-30)13-20-32-34(42(43,44)45)36(55-40(49)25(7)8)33(27(10)35(32)54-39(48)24(5)6)21-26(9)51-41(50)29-14-18-31(19-15-29)53-38(47)23(3)4/h11-12,14-19,21H,1,3,5,7H2,2,4,6,8-10H3/b26-21+. The molecule has 0 N–H and O–H groups in total. The summed E-state index contributed by atoms with van der Waals surface area (Å²) in [5.41, 5.74) is -3.07. The number of rotatable bonds is 11. The molecule has 13 heteroatoms. The fourth-order valence-corrected chi connectivity index (χ4v) is 4.22. The van der Waals surface area contributed by atoms with Crippen molar-refractivity contribution in [3.05, 3.63) is 136 Å². The van der Waals surface area contributed by atoms with Gasteiger partial charge in [0, 0.05) is 39.0 Å². The van der Waals surface area contributed by atoms with E-state index in [1.54, 1.807) is 0 Å². The minimum atomic E-state index is -5.30. The van der Waals surface area contributed by atoms with Crippen LogP contribution in [0.1, 0.15) is 72.8 Å². The number of carbonyl (C=O) groups excluding carboxylic acids is 5. The van der Waals surface area contributed by atoms with Gasteiger partial charge in [-0.1, -0.05) is 38.2 Å². The Kier molecular flexibility index (Phi) is 13.7. The highest BCUT2D eigenvalue weighted by atomic mass is 19.4. The number of esters is 5. The highest BCUT2D eigenvalue weighted by Gasteiger charge is 2.42. The summed E-state index contributed by atoms with van der Waals surface area (Å²) in [5, 5.41) is 0. The van der Waals surface area contributed by atoms with Crippen molar-refractivity contribution in [2.24, 2.45) is 0 Å². The van der Waals surface area contributed by atoms with E-state index < -0.39 is 64.2 Å². The molecule has 0 aliphatic carbocycles. The van der Waals surface area contributed by atoms with Gasteiger partial charge in [0.1, 0.15) is 22.8 Å². The van der Waals surface area contributed by atoms with Crippen LogP contribution >= 0.6 is 0 Å². The molecule has 55 heavy (non-hydrogen) atoms. The van der Waals surface area contributed by atoms with Crippen molar-refractivity contribution in [2.45, 2.75) is 47.7 Å². The molecule has 0 aliphatic rings. The molecule has 0 saturated carbocycles. The topological polar surface area (TPSA) is 132 Å². The second-order valence-corrected chi connectivity index (χ2v) is 12.1. The van der Waals surface area contributed by atoms with Gasteiger partial charge in [0.25, 0.3) is 0 Å². The average molecular weight is 757 g/mol. The summed E-state index contributed by atoms with van der Waals surface area (Å²) in [4.78, 5) is 62.4. The van der Waals surface area contributed by atoms with Crippen molar-refractivity contribution >= 4 is 35.9 Å². The summed E-state index contributed by atoms with van der Waals surface area (Å²) >= 11 is 0. The molecule has 0 aliphatic heterocycles. The first-order valence-electron chi connectivity index (χ1n) is 16.0. The van der Waals surface area contributed by atoms with E-state index in [0.29, 0.717) is 0 Å². The van der Waals surface area contributed by atoms with Gasteiger partial charge in [-0.05, 0) is 96.1 Å². The van der Waals surface area contributed by atoms with Gasteiger partial charge in [-0.15, -0.1) is 0 Å². The van der Waals surface area contributed by atoms with Gasteiger partial charge < -0.3 is 23.7 Å². The number of halogens is 3. The SMILES string of the molecule is C=C(C)C(=O)Oc1ccc(C#Cc2c(OC(=O)C(=C)C)c(C)c(/C=C(\C)OC(=O)c3ccc(OC(=O)C(=C)C)cc3)c(OC(=O)C(=C)C)c2C(F)(F)F)cc1. The zero-order chi connectivity index (χ0) is 41.4. The summed E-state index contributed by atoms with van der Waals surface area (Å²) in [7, 11) is 0. The third-order valence-corrected chi connectivity index (χ3v) is 7.06. The predicted molar refractivity (Wildman–Crippen MR) is 196 cm³/mol. The molecule has 3 rings (SSSR count). The second-order valence-electron chi connectivity index (χ2n) is 12.1. The van der Waals surface area contributed by atoms with Gasteiger partial charge in [-0.2, -0.15) is 13.2 Å². The third-order valence-electron chi connectivity index (χ3n) is 7.06. The van der Waals surface area contributed by atoms with Crippen LogP contribution in [0.5, 0.6) is 23.0 Å². The van der Waals surface area contributed by atoms with Crippen molar-refractivity contribution in [1.29, 1.82) is 0 Å². The molecular weight excluding hydrogens is 721 g/mol. The molecule has 0 unspecified atom stereocenters. The van der Waals surface area contributed by atoms with E-state index in [4.69, 9.17) is 23.7 Å². The Morgan fingerprint density at radius 2 is 1.04 bits per heavy atom. The number of carbonyl (C=O) groups is 5. The Hall–Kier alpha value is -6.94. The molecule has 0 aromatic heterocycles. The molecule has 0 fully saturated rings. The number of benzene rings is 3. The summed E-state index contributed by atoms with van der Waals surface area (Å²) in [6.45, 7) is 21.9. The Morgan fingerprint density at radius 3 is 1.47 bits per heavy atom. The van der Waals surface area contributed by atoms with Crippen LogP contribution < -0.4 is 18.9 Å². The lowest BCUT2D eigenvalue weighted by atomic mass is 9.94. The van der Waals surface area contributed by atoms with Crippen molar-refractivity contribution < 1.29 is 60.8 Å². The van der Waals surface area contributed by atoms with Crippen molar-refractivity contribution in [1.82, 2.24) is 0 Å². The summed E-state index contributed by atoms with van der Waals surface area (Å²) < 4.78 is 72.0. The minimum Gasteiger partial charge on any atom is -0.428 e. The molecule has 0 heterocycles. The van der Waals surface area contributed by atoms with Crippen LogP contribution in [0.4, 0.5) is 13.2 Å². The highest BCUT2D eigenvalue weighted by Crippen LogP contribution is 2.48. The van der Waals surface area contributed by atoms with E-state index in [0.717, 1.165) is 6.08 Å². The van der Waals surface area contributed by atoms with Crippen LogP contribution in [0.25, 0.3) is 6.08 Å². The molecule has 0 radical (unpaired) electrons. The molecule has 284 valence electrons. The number of hydrogen-bond acceptors (Lipinski definition) is 10. The molecule has 3 aromatic carbocycles. The Bertz CT molecular complexity index is 2230. The number of hydrogen-bond donors (Lipinski definition) is 0. The van der Waals surface area contributed by atoms with Gasteiger partial charge in [0.2, 0.25) is 0 Å². The molecule has 3 aromatic rings. The van der Waals surface area contributed by atoms with Crippen LogP contribution in [-0.2, 0) is 30.1 Å². The summed E-state index contributed by atoms with van der Waals surface area (Å²) in [5.74, 6) is -1.40. The summed E-state index contributed by atoms with van der Waals surface area (Å²) in [6, 6.07) is 10.7. The maximum Gasteiger partial charge on any atom is 0.421 e. The van der Waals surface area contributed by atoms with E-state index >= 15 is 13.2 Å². The van der Waals surface area contributed by atoms with Gasteiger partial charge >= 0.3 is 36.0 Å². The number of ether oxygens (including phenoxy) is 5. The lowest BCUT2D eigenvalue weighted by molar-refractivity contribution is -0.142. The van der Waals surface area contributed by atoms with E-state index in [2.05, 4.69) is 38.2 Å². The number of allylic oxidation sites excluding steroid dienone is 1. The monoisotopic (exact) mass is 756 g/mol. The molecule has 0 amide bonds. The van der Waals surface area contributed by atoms with Gasteiger partial charge in [0.05, 0.1) is 11.1 Å². The highest BCUT2D eigenvalue weighted by molar-refractivity contribution is 5.94. The quantitative estimate of drug-likeness (QED) is 0.0617. The second kappa shape index (κ2) is 17.7. The Morgan fingerprint density at radius 1 is 0.618 bits per heavy atom. The van der Waals surface area contributed by atoms with Crippen LogP contribution in [-0.4, -0.2) is 29.8 Å². The molecule has 0 saturated heterocycles. The van der Waals surface area contributed by atoms with Crippen molar-refractivity contribution in [3.8, 4) is 34.8 Å². The van der Waals surface area contributed by atoms with Crippen LogP contribution in [0.3, 0.4) is 0 Å². The Labute approximate surface area is 315 Å². The van der Waals surface area contributed by atoms with Gasteiger partial charge in [-0.25, -0.2) is 24.0 Å². The first-order valence-corrected chi connectivity index (χ1v) is 16.0. The number of alkyl halides is 3. The first-order chi connectivity index (χ1) is 25.6. The fraction of sp³-hybridized carbons (Fsp3) is 0.167. The van der Waals surface area contributed by atoms with Crippen LogP contribution in [0.2, 0.25) is 0 Å². The normalized spacial score (nSPS) is 10.9. The van der Waals surface area contributed by atoms with Gasteiger partial charge in [-0.3, -0.25) is 0 Å². The van der Waals surface area contributed by atoms with Crippen molar-refractivity contribution in [2.75, 3.05) is 0 Å².